The lowest BCUT2D eigenvalue weighted by atomic mass is 10.1. The Morgan fingerprint density at radius 1 is 1.57 bits per heavy atom. The van der Waals surface area contributed by atoms with Crippen molar-refractivity contribution >= 4 is 11.8 Å². The molecule has 0 aromatic rings. The second kappa shape index (κ2) is 7.55. The zero-order valence-electron chi connectivity index (χ0n) is 9.17. The molecule has 2 nitrogen and oxygen atoms in total. The quantitative estimate of drug-likeness (QED) is 0.666. The number of nitrogens with one attached hydrogen (secondary N) is 1. The molecule has 0 saturated carbocycles. The molecule has 0 radical (unpaired) electrons. The van der Waals surface area contributed by atoms with Gasteiger partial charge in [0.05, 0.1) is 0 Å². The number of hydrogen-bond donors (Lipinski definition) is 2. The molecular formula is C11H23NOS. The van der Waals surface area contributed by atoms with E-state index in [4.69, 9.17) is 5.11 Å². The van der Waals surface area contributed by atoms with Crippen molar-refractivity contribution in [3.8, 4) is 0 Å². The smallest absolute Gasteiger partial charge is 0.0456 e. The second-order valence-electron chi connectivity index (χ2n) is 4.30. The normalized spacial score (nSPS) is 24.9. The lowest BCUT2D eigenvalue weighted by molar-refractivity contribution is 0.227. The molecule has 2 atom stereocenters. The number of thioether (sulfide) groups is 1. The average Bonchev–Trinajstić information content (AvgIpc) is 2.25. The first kappa shape index (κ1) is 12.3. The summed E-state index contributed by atoms with van der Waals surface area (Å²) in [6.45, 7) is 3.56. The van der Waals surface area contributed by atoms with Gasteiger partial charge >= 0.3 is 0 Å². The fourth-order valence-corrected chi connectivity index (χ4v) is 2.86. The van der Waals surface area contributed by atoms with Crippen LogP contribution >= 0.6 is 11.8 Å². The van der Waals surface area contributed by atoms with Crippen molar-refractivity contribution in [2.24, 2.45) is 5.92 Å². The van der Waals surface area contributed by atoms with Gasteiger partial charge in [-0.1, -0.05) is 6.92 Å². The van der Waals surface area contributed by atoms with E-state index in [1.807, 2.05) is 0 Å². The van der Waals surface area contributed by atoms with Gasteiger partial charge in [-0.15, -0.1) is 0 Å². The molecule has 1 aliphatic heterocycles. The first-order valence-corrected chi connectivity index (χ1v) is 6.90. The highest BCUT2D eigenvalue weighted by Crippen LogP contribution is 2.16. The second-order valence-corrected chi connectivity index (χ2v) is 5.45. The monoisotopic (exact) mass is 217 g/mol. The van der Waals surface area contributed by atoms with Gasteiger partial charge in [-0.05, 0) is 43.9 Å². The fourth-order valence-electron chi connectivity index (χ4n) is 1.75. The van der Waals surface area contributed by atoms with Gasteiger partial charge in [0, 0.05) is 18.4 Å². The maximum Gasteiger partial charge on any atom is 0.0456 e. The summed E-state index contributed by atoms with van der Waals surface area (Å²) >= 11 is 2.07. The number of rotatable bonds is 6. The van der Waals surface area contributed by atoms with Crippen molar-refractivity contribution in [2.45, 2.75) is 38.6 Å². The summed E-state index contributed by atoms with van der Waals surface area (Å²) in [5.74, 6) is 3.10. The van der Waals surface area contributed by atoms with E-state index in [0.717, 1.165) is 19.0 Å². The lowest BCUT2D eigenvalue weighted by Crippen LogP contribution is -2.34. The van der Waals surface area contributed by atoms with Crippen LogP contribution in [0.1, 0.15) is 32.6 Å². The van der Waals surface area contributed by atoms with Gasteiger partial charge in [0.25, 0.3) is 0 Å². The zero-order valence-corrected chi connectivity index (χ0v) is 9.98. The minimum atomic E-state index is 0.333. The Morgan fingerprint density at radius 3 is 3.07 bits per heavy atom. The number of aliphatic hydroxyl groups is 1. The SMILES string of the molecule is CC(CO)CCCNC1CCCSC1. The third-order valence-electron chi connectivity index (χ3n) is 2.78. The molecule has 84 valence electrons. The van der Waals surface area contributed by atoms with E-state index in [2.05, 4.69) is 24.0 Å². The van der Waals surface area contributed by atoms with Gasteiger partial charge in [-0.25, -0.2) is 0 Å². The summed E-state index contributed by atoms with van der Waals surface area (Å²) in [5, 5.41) is 12.5. The van der Waals surface area contributed by atoms with E-state index in [-0.39, 0.29) is 0 Å². The van der Waals surface area contributed by atoms with Gasteiger partial charge < -0.3 is 10.4 Å². The van der Waals surface area contributed by atoms with E-state index in [1.54, 1.807) is 0 Å². The van der Waals surface area contributed by atoms with Crippen LogP contribution in [0.25, 0.3) is 0 Å². The highest BCUT2D eigenvalue weighted by atomic mass is 32.2. The van der Waals surface area contributed by atoms with Gasteiger partial charge in [0.2, 0.25) is 0 Å². The maximum atomic E-state index is 8.86. The standard InChI is InChI=1S/C11H23NOS/c1-10(8-13)4-2-6-12-11-5-3-7-14-9-11/h10-13H,2-9H2,1H3. The number of aliphatic hydroxyl groups excluding tert-OH is 1. The van der Waals surface area contributed by atoms with E-state index in [9.17, 15) is 0 Å². The van der Waals surface area contributed by atoms with Gasteiger partial charge in [-0.2, -0.15) is 11.8 Å². The molecular weight excluding hydrogens is 194 g/mol. The first-order valence-electron chi connectivity index (χ1n) is 5.75. The third-order valence-corrected chi connectivity index (χ3v) is 3.99. The third kappa shape index (κ3) is 5.23. The summed E-state index contributed by atoms with van der Waals surface area (Å²) in [4.78, 5) is 0. The summed E-state index contributed by atoms with van der Waals surface area (Å²) < 4.78 is 0. The topological polar surface area (TPSA) is 32.3 Å². The molecule has 1 rings (SSSR count). The largest absolute Gasteiger partial charge is 0.396 e. The molecule has 14 heavy (non-hydrogen) atoms. The highest BCUT2D eigenvalue weighted by molar-refractivity contribution is 7.99. The Morgan fingerprint density at radius 2 is 2.43 bits per heavy atom. The van der Waals surface area contributed by atoms with Crippen LogP contribution in [0, 0.1) is 5.92 Å². The van der Waals surface area contributed by atoms with E-state index in [0.29, 0.717) is 12.5 Å². The summed E-state index contributed by atoms with van der Waals surface area (Å²) in [5.41, 5.74) is 0. The van der Waals surface area contributed by atoms with Crippen molar-refractivity contribution in [3.05, 3.63) is 0 Å². The molecule has 3 heteroatoms. The van der Waals surface area contributed by atoms with E-state index in [1.165, 1.54) is 30.8 Å². The molecule has 0 aromatic carbocycles. The van der Waals surface area contributed by atoms with Crippen LogP contribution in [0.15, 0.2) is 0 Å². The van der Waals surface area contributed by atoms with Crippen molar-refractivity contribution in [1.82, 2.24) is 5.32 Å². The van der Waals surface area contributed by atoms with Crippen molar-refractivity contribution in [1.29, 1.82) is 0 Å². The Kier molecular flexibility index (Phi) is 6.65. The molecule has 1 fully saturated rings. The van der Waals surface area contributed by atoms with Crippen molar-refractivity contribution in [2.75, 3.05) is 24.7 Å². The van der Waals surface area contributed by atoms with Gasteiger partial charge in [0.1, 0.15) is 0 Å². The summed E-state index contributed by atoms with van der Waals surface area (Å²) in [6, 6.07) is 0.748. The number of hydrogen-bond acceptors (Lipinski definition) is 3. The average molecular weight is 217 g/mol. The molecule has 0 aliphatic carbocycles. The molecule has 2 unspecified atom stereocenters. The van der Waals surface area contributed by atoms with E-state index >= 15 is 0 Å². The fraction of sp³-hybridized carbons (Fsp3) is 1.00. The van der Waals surface area contributed by atoms with Crippen LogP contribution < -0.4 is 5.32 Å². The Balaban J connectivity index is 1.92. The minimum Gasteiger partial charge on any atom is -0.396 e. The molecule has 0 spiro atoms. The predicted molar refractivity (Wildman–Crippen MR) is 63.8 cm³/mol. The lowest BCUT2D eigenvalue weighted by Gasteiger charge is -2.22. The van der Waals surface area contributed by atoms with Crippen LogP contribution in [-0.4, -0.2) is 35.8 Å². The molecule has 0 aromatic heterocycles. The van der Waals surface area contributed by atoms with Gasteiger partial charge in [0.15, 0.2) is 0 Å². The summed E-state index contributed by atoms with van der Waals surface area (Å²) in [6.07, 6.45) is 5.06. The highest BCUT2D eigenvalue weighted by Gasteiger charge is 2.12. The molecule has 0 amide bonds. The minimum absolute atomic E-state index is 0.333. The molecule has 0 bridgehead atoms. The predicted octanol–water partition coefficient (Wildman–Crippen LogP) is 1.88. The molecule has 2 N–H and O–H groups in total. The van der Waals surface area contributed by atoms with Crippen LogP contribution in [0.3, 0.4) is 0 Å². The van der Waals surface area contributed by atoms with Crippen LogP contribution in [0.5, 0.6) is 0 Å². The first-order chi connectivity index (χ1) is 6.83. The van der Waals surface area contributed by atoms with Crippen LogP contribution in [0.2, 0.25) is 0 Å². The van der Waals surface area contributed by atoms with Crippen molar-refractivity contribution < 1.29 is 5.11 Å². The van der Waals surface area contributed by atoms with Crippen molar-refractivity contribution in [3.63, 3.8) is 0 Å². The Bertz CT molecular complexity index is 137. The van der Waals surface area contributed by atoms with Gasteiger partial charge in [-0.3, -0.25) is 0 Å². The maximum absolute atomic E-state index is 8.86. The molecule has 1 heterocycles. The van der Waals surface area contributed by atoms with Crippen LogP contribution in [-0.2, 0) is 0 Å². The summed E-state index contributed by atoms with van der Waals surface area (Å²) in [7, 11) is 0. The Labute approximate surface area is 91.9 Å². The Hall–Kier alpha value is 0.270. The van der Waals surface area contributed by atoms with E-state index < -0.39 is 0 Å². The zero-order chi connectivity index (χ0) is 10.2. The van der Waals surface area contributed by atoms with Crippen LogP contribution in [0.4, 0.5) is 0 Å². The molecule has 1 saturated heterocycles. The molecule has 1 aliphatic rings.